The van der Waals surface area contributed by atoms with E-state index in [2.05, 4.69) is 9.88 Å². The van der Waals surface area contributed by atoms with E-state index >= 15 is 0 Å². The highest BCUT2D eigenvalue weighted by molar-refractivity contribution is 6.30. The van der Waals surface area contributed by atoms with Crippen molar-refractivity contribution in [2.75, 3.05) is 26.3 Å². The largest absolute Gasteiger partial charge is 0.379 e. The molecule has 4 rings (SSSR count). The van der Waals surface area contributed by atoms with Crippen molar-refractivity contribution in [1.82, 2.24) is 14.3 Å². The minimum absolute atomic E-state index is 0.105. The quantitative estimate of drug-likeness (QED) is 0.675. The summed E-state index contributed by atoms with van der Waals surface area (Å²) in [6, 6.07) is 12.8. The molecule has 0 unspecified atom stereocenters. The summed E-state index contributed by atoms with van der Waals surface area (Å²) in [5.74, 6) is 0.326. The van der Waals surface area contributed by atoms with Crippen molar-refractivity contribution in [2.24, 2.45) is 0 Å². The number of hydrogen-bond donors (Lipinski definition) is 0. The van der Waals surface area contributed by atoms with Crippen LogP contribution in [0.2, 0.25) is 5.02 Å². The van der Waals surface area contributed by atoms with Crippen molar-refractivity contribution in [1.29, 1.82) is 0 Å². The topological polar surface area (TPSA) is 46.8 Å². The Labute approximate surface area is 150 Å². The molecule has 3 heterocycles. The van der Waals surface area contributed by atoms with E-state index in [0.29, 0.717) is 23.0 Å². The van der Waals surface area contributed by atoms with Crippen molar-refractivity contribution in [3.05, 3.63) is 70.8 Å². The van der Waals surface area contributed by atoms with Crippen LogP contribution in [0, 0.1) is 0 Å². The molecule has 3 aromatic rings. The Balaban J connectivity index is 1.71. The summed E-state index contributed by atoms with van der Waals surface area (Å²) in [5.41, 5.74) is 2.46. The average molecular weight is 356 g/mol. The molecule has 0 bridgehead atoms. The predicted molar refractivity (Wildman–Crippen MR) is 96.2 cm³/mol. The van der Waals surface area contributed by atoms with Gasteiger partial charge in [0, 0.05) is 36.4 Å². The van der Waals surface area contributed by atoms with Crippen LogP contribution in [0.15, 0.2) is 48.7 Å². The first-order valence-electron chi connectivity index (χ1n) is 8.29. The average Bonchev–Trinajstić information content (AvgIpc) is 3.01. The first kappa shape index (κ1) is 16.3. The lowest BCUT2D eigenvalue weighted by molar-refractivity contribution is 0.0338. The Kier molecular flexibility index (Phi) is 4.53. The molecule has 1 aromatic carbocycles. The number of ketones is 1. The van der Waals surface area contributed by atoms with Crippen LogP contribution in [0.3, 0.4) is 0 Å². The lowest BCUT2D eigenvalue weighted by Gasteiger charge is -2.25. The van der Waals surface area contributed by atoms with Crippen LogP contribution in [0.5, 0.6) is 0 Å². The Hall–Kier alpha value is -2.21. The Morgan fingerprint density at radius 2 is 1.88 bits per heavy atom. The number of halogens is 1. The number of carbonyl (C=O) groups is 1. The second-order valence-corrected chi connectivity index (χ2v) is 6.50. The molecule has 2 aromatic heterocycles. The lowest BCUT2D eigenvalue weighted by Crippen LogP contribution is -2.35. The van der Waals surface area contributed by atoms with Gasteiger partial charge in [-0.25, -0.2) is 4.98 Å². The van der Waals surface area contributed by atoms with Crippen LogP contribution in [-0.2, 0) is 11.3 Å². The summed E-state index contributed by atoms with van der Waals surface area (Å²) < 4.78 is 7.27. The number of imidazole rings is 1. The molecule has 1 aliphatic heterocycles. The van der Waals surface area contributed by atoms with Gasteiger partial charge in [-0.05, 0) is 36.4 Å². The maximum Gasteiger partial charge on any atom is 0.228 e. The summed E-state index contributed by atoms with van der Waals surface area (Å²) in [7, 11) is 0. The summed E-state index contributed by atoms with van der Waals surface area (Å²) >= 11 is 5.92. The Morgan fingerprint density at radius 3 is 2.64 bits per heavy atom. The Bertz CT molecular complexity index is 899. The summed E-state index contributed by atoms with van der Waals surface area (Å²) in [4.78, 5) is 19.9. The number of morpholine rings is 1. The SMILES string of the molecule is O=C(c1ccc(Cl)cc1)c1nc(CN2CCOCC2)c2ccccn12. The molecule has 25 heavy (non-hydrogen) atoms. The number of aromatic nitrogens is 2. The fourth-order valence-corrected chi connectivity index (χ4v) is 3.21. The molecule has 5 nitrogen and oxygen atoms in total. The van der Waals surface area contributed by atoms with E-state index < -0.39 is 0 Å². The molecular weight excluding hydrogens is 338 g/mol. The Morgan fingerprint density at radius 1 is 1.12 bits per heavy atom. The number of pyridine rings is 1. The normalized spacial score (nSPS) is 15.6. The van der Waals surface area contributed by atoms with E-state index in [1.54, 1.807) is 24.3 Å². The second kappa shape index (κ2) is 6.96. The van der Waals surface area contributed by atoms with Crippen molar-refractivity contribution < 1.29 is 9.53 Å². The maximum absolute atomic E-state index is 12.9. The predicted octanol–water partition coefficient (Wildman–Crippen LogP) is 3.05. The first-order valence-corrected chi connectivity index (χ1v) is 8.66. The standard InChI is InChI=1S/C19H18ClN3O2/c20-15-6-4-14(5-7-15)18(24)19-21-16(13-22-9-11-25-12-10-22)17-3-1-2-8-23(17)19/h1-8H,9-13H2. The molecule has 0 aliphatic carbocycles. The van der Waals surface area contributed by atoms with Gasteiger partial charge in [-0.2, -0.15) is 0 Å². The number of rotatable bonds is 4. The van der Waals surface area contributed by atoms with E-state index in [1.165, 1.54) is 0 Å². The van der Waals surface area contributed by atoms with Crippen LogP contribution in [0.1, 0.15) is 21.9 Å². The molecule has 0 saturated carbocycles. The molecule has 1 aliphatic rings. The third-order valence-corrected chi connectivity index (χ3v) is 4.66. The minimum Gasteiger partial charge on any atom is -0.379 e. The van der Waals surface area contributed by atoms with Crippen LogP contribution < -0.4 is 0 Å². The van der Waals surface area contributed by atoms with Gasteiger partial charge < -0.3 is 4.74 Å². The van der Waals surface area contributed by atoms with Crippen LogP contribution >= 0.6 is 11.6 Å². The molecule has 0 atom stereocenters. The van der Waals surface area contributed by atoms with E-state index in [1.807, 2.05) is 28.8 Å². The van der Waals surface area contributed by atoms with Crippen molar-refractivity contribution in [3.63, 3.8) is 0 Å². The number of hydrogen-bond acceptors (Lipinski definition) is 4. The summed E-state index contributed by atoms with van der Waals surface area (Å²) in [6.07, 6.45) is 1.88. The molecule has 0 amide bonds. The number of nitrogens with zero attached hydrogens (tertiary/aromatic N) is 3. The van der Waals surface area contributed by atoms with E-state index in [4.69, 9.17) is 16.3 Å². The van der Waals surface area contributed by atoms with Gasteiger partial charge in [0.2, 0.25) is 5.78 Å². The van der Waals surface area contributed by atoms with Crippen LogP contribution in [-0.4, -0.2) is 46.4 Å². The van der Waals surface area contributed by atoms with Crippen molar-refractivity contribution >= 4 is 22.9 Å². The third-order valence-electron chi connectivity index (χ3n) is 4.41. The lowest BCUT2D eigenvalue weighted by atomic mass is 10.1. The molecule has 0 N–H and O–H groups in total. The molecule has 0 spiro atoms. The van der Waals surface area contributed by atoms with Gasteiger partial charge in [0.05, 0.1) is 24.4 Å². The number of fused-ring (bicyclic) bond motifs is 1. The molecule has 1 fully saturated rings. The monoisotopic (exact) mass is 355 g/mol. The van der Waals surface area contributed by atoms with Gasteiger partial charge in [0.25, 0.3) is 0 Å². The highest BCUT2D eigenvalue weighted by Crippen LogP contribution is 2.19. The zero-order valence-corrected chi connectivity index (χ0v) is 14.4. The third kappa shape index (κ3) is 3.31. The second-order valence-electron chi connectivity index (χ2n) is 6.06. The van der Waals surface area contributed by atoms with Gasteiger partial charge in [-0.3, -0.25) is 14.1 Å². The van der Waals surface area contributed by atoms with Gasteiger partial charge in [-0.1, -0.05) is 17.7 Å². The minimum atomic E-state index is -0.105. The molecule has 6 heteroatoms. The maximum atomic E-state index is 12.9. The van der Waals surface area contributed by atoms with E-state index in [0.717, 1.165) is 37.5 Å². The van der Waals surface area contributed by atoms with Gasteiger partial charge in [0.1, 0.15) is 0 Å². The molecule has 1 saturated heterocycles. The zero-order chi connectivity index (χ0) is 17.2. The summed E-state index contributed by atoms with van der Waals surface area (Å²) in [6.45, 7) is 3.95. The van der Waals surface area contributed by atoms with E-state index in [-0.39, 0.29) is 5.78 Å². The fraction of sp³-hybridized carbons (Fsp3) is 0.263. The first-order chi connectivity index (χ1) is 12.2. The number of benzene rings is 1. The molecule has 128 valence electrons. The fourth-order valence-electron chi connectivity index (χ4n) is 3.08. The highest BCUT2D eigenvalue weighted by Gasteiger charge is 2.20. The number of ether oxygens (including phenoxy) is 1. The van der Waals surface area contributed by atoms with Crippen molar-refractivity contribution in [2.45, 2.75) is 6.54 Å². The summed E-state index contributed by atoms with van der Waals surface area (Å²) in [5, 5.41) is 0.609. The zero-order valence-electron chi connectivity index (χ0n) is 13.7. The number of carbonyl (C=O) groups excluding carboxylic acids is 1. The smallest absolute Gasteiger partial charge is 0.228 e. The van der Waals surface area contributed by atoms with Crippen molar-refractivity contribution in [3.8, 4) is 0 Å². The molecular formula is C19H18ClN3O2. The van der Waals surface area contributed by atoms with Gasteiger partial charge >= 0.3 is 0 Å². The van der Waals surface area contributed by atoms with Gasteiger partial charge in [-0.15, -0.1) is 0 Å². The van der Waals surface area contributed by atoms with Crippen LogP contribution in [0.25, 0.3) is 5.52 Å². The van der Waals surface area contributed by atoms with Crippen LogP contribution in [0.4, 0.5) is 0 Å². The highest BCUT2D eigenvalue weighted by atomic mass is 35.5. The molecule has 0 radical (unpaired) electrons. The van der Waals surface area contributed by atoms with Gasteiger partial charge in [0.15, 0.2) is 5.82 Å². The van der Waals surface area contributed by atoms with E-state index in [9.17, 15) is 4.79 Å².